The zero-order chi connectivity index (χ0) is 13.0. The van der Waals surface area contributed by atoms with Crippen LogP contribution in [0.4, 0.5) is 5.69 Å². The molecule has 0 saturated heterocycles. The standard InChI is InChI=1S/C14H18N2O2/c1-10-7-14(15-8-11(17)9-18-2)12-5-3-4-6-13(12)16-10/h3-7,11,17H,8-9H2,1-2H3,(H,15,16). The number of aryl methyl sites for hydroxylation is 1. The van der Waals surface area contributed by atoms with E-state index in [9.17, 15) is 5.11 Å². The van der Waals surface area contributed by atoms with Crippen LogP contribution in [0, 0.1) is 6.92 Å². The van der Waals surface area contributed by atoms with Crippen molar-refractivity contribution in [3.05, 3.63) is 36.0 Å². The predicted molar refractivity (Wildman–Crippen MR) is 72.9 cm³/mol. The summed E-state index contributed by atoms with van der Waals surface area (Å²) in [4.78, 5) is 4.47. The van der Waals surface area contributed by atoms with Crippen molar-refractivity contribution in [2.45, 2.75) is 13.0 Å². The molecule has 0 aliphatic carbocycles. The summed E-state index contributed by atoms with van der Waals surface area (Å²) in [6.07, 6.45) is -0.512. The first-order chi connectivity index (χ1) is 8.70. The Kier molecular flexibility index (Phi) is 4.12. The molecule has 4 heteroatoms. The van der Waals surface area contributed by atoms with E-state index < -0.39 is 6.10 Å². The molecule has 1 atom stereocenters. The summed E-state index contributed by atoms with van der Waals surface area (Å²) in [5, 5.41) is 14.0. The number of anilines is 1. The first-order valence-corrected chi connectivity index (χ1v) is 5.98. The summed E-state index contributed by atoms with van der Waals surface area (Å²) < 4.78 is 4.90. The molecular formula is C14H18N2O2. The fraction of sp³-hybridized carbons (Fsp3) is 0.357. The normalized spacial score (nSPS) is 12.6. The number of nitrogens with one attached hydrogen (secondary N) is 1. The molecule has 1 unspecified atom stereocenters. The van der Waals surface area contributed by atoms with Gasteiger partial charge in [0.25, 0.3) is 0 Å². The smallest absolute Gasteiger partial charge is 0.0945 e. The monoisotopic (exact) mass is 246 g/mol. The molecule has 0 bridgehead atoms. The molecule has 4 nitrogen and oxygen atoms in total. The molecule has 18 heavy (non-hydrogen) atoms. The van der Waals surface area contributed by atoms with Crippen LogP contribution in [0.3, 0.4) is 0 Å². The van der Waals surface area contributed by atoms with Gasteiger partial charge < -0.3 is 15.2 Å². The highest BCUT2D eigenvalue weighted by molar-refractivity contribution is 5.91. The van der Waals surface area contributed by atoms with Crippen LogP contribution in [-0.2, 0) is 4.74 Å². The molecule has 0 saturated carbocycles. The lowest BCUT2D eigenvalue weighted by Crippen LogP contribution is -2.24. The van der Waals surface area contributed by atoms with Crippen LogP contribution in [0.25, 0.3) is 10.9 Å². The minimum atomic E-state index is -0.512. The Bertz CT molecular complexity index is 528. The van der Waals surface area contributed by atoms with Crippen molar-refractivity contribution in [1.82, 2.24) is 4.98 Å². The maximum absolute atomic E-state index is 9.65. The van der Waals surface area contributed by atoms with E-state index in [1.165, 1.54) is 0 Å². The van der Waals surface area contributed by atoms with Crippen LogP contribution < -0.4 is 5.32 Å². The van der Waals surface area contributed by atoms with E-state index in [1.54, 1.807) is 7.11 Å². The highest BCUT2D eigenvalue weighted by Crippen LogP contribution is 2.22. The van der Waals surface area contributed by atoms with Crippen molar-refractivity contribution < 1.29 is 9.84 Å². The third-order valence-electron chi connectivity index (χ3n) is 2.73. The van der Waals surface area contributed by atoms with Crippen molar-refractivity contribution in [3.63, 3.8) is 0 Å². The SMILES string of the molecule is COCC(O)CNc1cc(C)nc2ccccc12. The number of hydrogen-bond donors (Lipinski definition) is 2. The second-order valence-corrected chi connectivity index (χ2v) is 4.32. The fourth-order valence-electron chi connectivity index (χ4n) is 1.93. The van der Waals surface area contributed by atoms with Crippen LogP contribution in [0.1, 0.15) is 5.69 Å². The topological polar surface area (TPSA) is 54.4 Å². The zero-order valence-electron chi connectivity index (χ0n) is 10.7. The first-order valence-electron chi connectivity index (χ1n) is 5.98. The number of para-hydroxylation sites is 1. The number of aliphatic hydroxyl groups is 1. The van der Waals surface area contributed by atoms with Crippen LogP contribution in [0.2, 0.25) is 0 Å². The van der Waals surface area contributed by atoms with Gasteiger partial charge in [0, 0.05) is 30.4 Å². The number of rotatable bonds is 5. The van der Waals surface area contributed by atoms with E-state index in [0.29, 0.717) is 13.2 Å². The highest BCUT2D eigenvalue weighted by Gasteiger charge is 2.06. The Morgan fingerprint density at radius 3 is 2.94 bits per heavy atom. The molecule has 2 aromatic rings. The van der Waals surface area contributed by atoms with Crippen LogP contribution in [0.5, 0.6) is 0 Å². The van der Waals surface area contributed by atoms with Gasteiger partial charge in [0.1, 0.15) is 0 Å². The van der Waals surface area contributed by atoms with Gasteiger partial charge in [0.2, 0.25) is 0 Å². The van der Waals surface area contributed by atoms with Gasteiger partial charge in [-0.15, -0.1) is 0 Å². The van der Waals surface area contributed by atoms with Crippen LogP contribution in [-0.4, -0.2) is 36.5 Å². The molecule has 2 rings (SSSR count). The van der Waals surface area contributed by atoms with E-state index in [2.05, 4.69) is 10.3 Å². The van der Waals surface area contributed by atoms with Gasteiger partial charge in [-0.2, -0.15) is 0 Å². The number of benzene rings is 1. The van der Waals surface area contributed by atoms with Crippen molar-refractivity contribution in [1.29, 1.82) is 0 Å². The average Bonchev–Trinajstić information content (AvgIpc) is 2.36. The molecule has 0 aliphatic heterocycles. The van der Waals surface area contributed by atoms with E-state index in [-0.39, 0.29) is 0 Å². The Hall–Kier alpha value is -1.65. The lowest BCUT2D eigenvalue weighted by atomic mass is 10.1. The van der Waals surface area contributed by atoms with Gasteiger partial charge in [-0.05, 0) is 19.1 Å². The molecule has 0 fully saturated rings. The summed E-state index contributed by atoms with van der Waals surface area (Å²) in [6.45, 7) is 2.75. The molecule has 1 heterocycles. The fourth-order valence-corrected chi connectivity index (χ4v) is 1.93. The molecular weight excluding hydrogens is 228 g/mol. The van der Waals surface area contributed by atoms with Gasteiger partial charge >= 0.3 is 0 Å². The Balaban J connectivity index is 2.21. The number of hydrogen-bond acceptors (Lipinski definition) is 4. The Morgan fingerprint density at radius 2 is 2.17 bits per heavy atom. The number of pyridine rings is 1. The summed E-state index contributed by atoms with van der Waals surface area (Å²) in [7, 11) is 1.58. The van der Waals surface area contributed by atoms with Crippen molar-refractivity contribution in [3.8, 4) is 0 Å². The van der Waals surface area contributed by atoms with Gasteiger partial charge in [0.15, 0.2) is 0 Å². The second-order valence-electron chi connectivity index (χ2n) is 4.32. The van der Waals surface area contributed by atoms with E-state index in [0.717, 1.165) is 22.3 Å². The van der Waals surface area contributed by atoms with Crippen molar-refractivity contribution in [2.75, 3.05) is 25.6 Å². The quantitative estimate of drug-likeness (QED) is 0.846. The van der Waals surface area contributed by atoms with Gasteiger partial charge in [-0.25, -0.2) is 0 Å². The summed E-state index contributed by atoms with van der Waals surface area (Å²) in [5.41, 5.74) is 2.91. The number of aliphatic hydroxyl groups excluding tert-OH is 1. The van der Waals surface area contributed by atoms with E-state index in [4.69, 9.17) is 4.74 Å². The van der Waals surface area contributed by atoms with Crippen molar-refractivity contribution in [2.24, 2.45) is 0 Å². The summed E-state index contributed by atoms with van der Waals surface area (Å²) in [5.74, 6) is 0. The largest absolute Gasteiger partial charge is 0.389 e. The summed E-state index contributed by atoms with van der Waals surface area (Å²) in [6, 6.07) is 9.95. The zero-order valence-corrected chi connectivity index (χ0v) is 10.7. The third kappa shape index (κ3) is 2.97. The number of ether oxygens (including phenoxy) is 1. The number of methoxy groups -OCH3 is 1. The lowest BCUT2D eigenvalue weighted by molar-refractivity contribution is 0.0728. The van der Waals surface area contributed by atoms with Gasteiger partial charge in [-0.3, -0.25) is 4.98 Å². The highest BCUT2D eigenvalue weighted by atomic mass is 16.5. The van der Waals surface area contributed by atoms with Gasteiger partial charge in [-0.1, -0.05) is 18.2 Å². The minimum Gasteiger partial charge on any atom is -0.389 e. The predicted octanol–water partition coefficient (Wildman–Crippen LogP) is 1.96. The van der Waals surface area contributed by atoms with Crippen LogP contribution >= 0.6 is 0 Å². The Morgan fingerprint density at radius 1 is 1.39 bits per heavy atom. The maximum atomic E-state index is 9.65. The van der Waals surface area contributed by atoms with E-state index >= 15 is 0 Å². The third-order valence-corrected chi connectivity index (χ3v) is 2.73. The van der Waals surface area contributed by atoms with E-state index in [1.807, 2.05) is 37.3 Å². The number of nitrogens with zero attached hydrogens (tertiary/aromatic N) is 1. The molecule has 1 aromatic heterocycles. The maximum Gasteiger partial charge on any atom is 0.0945 e. The number of aromatic nitrogens is 1. The molecule has 0 aliphatic rings. The molecule has 0 amide bonds. The molecule has 2 N–H and O–H groups in total. The lowest BCUT2D eigenvalue weighted by Gasteiger charge is -2.14. The summed E-state index contributed by atoms with van der Waals surface area (Å²) >= 11 is 0. The second kappa shape index (κ2) is 5.80. The molecule has 1 aromatic carbocycles. The average molecular weight is 246 g/mol. The molecule has 0 radical (unpaired) electrons. The van der Waals surface area contributed by atoms with Crippen molar-refractivity contribution >= 4 is 16.6 Å². The molecule has 96 valence electrons. The first kappa shape index (κ1) is 12.8. The van der Waals surface area contributed by atoms with Gasteiger partial charge in [0.05, 0.1) is 18.2 Å². The van der Waals surface area contributed by atoms with Crippen LogP contribution in [0.15, 0.2) is 30.3 Å². The number of fused-ring (bicyclic) bond motifs is 1. The Labute approximate surface area is 107 Å². The minimum absolute atomic E-state index is 0.328. The molecule has 0 spiro atoms.